The third kappa shape index (κ3) is 4.68. The molecule has 0 bridgehead atoms. The van der Waals surface area contributed by atoms with E-state index in [-0.39, 0.29) is 24.3 Å². The molecule has 0 fully saturated rings. The van der Waals surface area contributed by atoms with Crippen LogP contribution in [0.1, 0.15) is 31.9 Å². The van der Waals surface area contributed by atoms with Gasteiger partial charge in [0.1, 0.15) is 0 Å². The highest BCUT2D eigenvalue weighted by molar-refractivity contribution is 5.76. The number of hydrogen-bond acceptors (Lipinski definition) is 3. The first-order valence-electron chi connectivity index (χ1n) is 5.61. The first-order valence-corrected chi connectivity index (χ1v) is 5.61. The number of carbonyl (C=O) groups is 2. The van der Waals surface area contributed by atoms with Gasteiger partial charge >= 0.3 is 5.97 Å². The summed E-state index contributed by atoms with van der Waals surface area (Å²) in [6.07, 6.45) is 0.150. The fraction of sp³-hybridized carbons (Fsp3) is 0.385. The van der Waals surface area contributed by atoms with Crippen molar-refractivity contribution in [2.45, 2.75) is 26.3 Å². The summed E-state index contributed by atoms with van der Waals surface area (Å²) in [5.74, 6) is -0.474. The molecular weight excluding hydrogens is 218 g/mol. The Morgan fingerprint density at radius 3 is 2.47 bits per heavy atom. The summed E-state index contributed by atoms with van der Waals surface area (Å²) >= 11 is 0. The highest BCUT2D eigenvalue weighted by Crippen LogP contribution is 2.16. The molecule has 1 rings (SSSR count). The van der Waals surface area contributed by atoms with Gasteiger partial charge in [0.25, 0.3) is 0 Å². The average Bonchev–Trinajstić information content (AvgIpc) is 2.29. The van der Waals surface area contributed by atoms with Crippen LogP contribution >= 0.6 is 0 Å². The number of hydrogen-bond donors (Lipinski definition) is 1. The molecule has 1 aromatic rings. The lowest BCUT2D eigenvalue weighted by atomic mass is 10.0. The van der Waals surface area contributed by atoms with E-state index < -0.39 is 0 Å². The zero-order chi connectivity index (χ0) is 12.7. The molecular formula is C13H17NO3. The second-order valence-electron chi connectivity index (χ2n) is 3.67. The number of benzene rings is 1. The molecule has 0 aliphatic carbocycles. The van der Waals surface area contributed by atoms with Crippen molar-refractivity contribution in [3.05, 3.63) is 35.9 Å². The largest absolute Gasteiger partial charge is 0.466 e. The standard InChI is InChI=1S/C13H17NO3/c1-3-17-13(16)9-12(14-10(2)15)11-7-5-4-6-8-11/h4-8,12H,3,9H2,1-2H3,(H,14,15). The normalized spacial score (nSPS) is 11.6. The van der Waals surface area contributed by atoms with Crippen molar-refractivity contribution in [1.82, 2.24) is 5.32 Å². The van der Waals surface area contributed by atoms with Crippen LogP contribution in [0.4, 0.5) is 0 Å². The molecule has 0 aliphatic heterocycles. The van der Waals surface area contributed by atoms with E-state index in [1.807, 2.05) is 30.3 Å². The maximum atomic E-state index is 11.4. The quantitative estimate of drug-likeness (QED) is 0.792. The fourth-order valence-corrected chi connectivity index (χ4v) is 1.57. The van der Waals surface area contributed by atoms with E-state index in [1.54, 1.807) is 6.92 Å². The van der Waals surface area contributed by atoms with Crippen LogP contribution < -0.4 is 5.32 Å². The Hall–Kier alpha value is -1.84. The maximum Gasteiger partial charge on any atom is 0.308 e. The molecule has 0 aliphatic rings. The van der Waals surface area contributed by atoms with Gasteiger partial charge in [-0.25, -0.2) is 0 Å². The van der Waals surface area contributed by atoms with Gasteiger partial charge in [0.05, 0.1) is 19.1 Å². The van der Waals surface area contributed by atoms with Crippen LogP contribution in [0.15, 0.2) is 30.3 Å². The van der Waals surface area contributed by atoms with Crippen LogP contribution in [0.25, 0.3) is 0 Å². The van der Waals surface area contributed by atoms with Crippen LogP contribution in [0, 0.1) is 0 Å². The van der Waals surface area contributed by atoms with Crippen molar-refractivity contribution in [2.24, 2.45) is 0 Å². The smallest absolute Gasteiger partial charge is 0.308 e. The summed E-state index contributed by atoms with van der Waals surface area (Å²) in [5, 5.41) is 2.75. The van der Waals surface area contributed by atoms with Crippen LogP contribution in [0.2, 0.25) is 0 Å². The van der Waals surface area contributed by atoms with Gasteiger partial charge in [-0.15, -0.1) is 0 Å². The second kappa shape index (κ2) is 6.68. The molecule has 0 heterocycles. The van der Waals surface area contributed by atoms with Gasteiger partial charge in [0.2, 0.25) is 5.91 Å². The zero-order valence-electron chi connectivity index (χ0n) is 10.1. The fourth-order valence-electron chi connectivity index (χ4n) is 1.57. The SMILES string of the molecule is CCOC(=O)CC(NC(C)=O)c1ccccc1. The molecule has 1 N–H and O–H groups in total. The Labute approximate surface area is 101 Å². The minimum absolute atomic E-state index is 0.150. The molecule has 1 atom stereocenters. The van der Waals surface area contributed by atoms with Crippen LogP contribution in [-0.4, -0.2) is 18.5 Å². The summed E-state index contributed by atoms with van der Waals surface area (Å²) in [4.78, 5) is 22.5. The number of nitrogens with one attached hydrogen (secondary N) is 1. The van der Waals surface area contributed by atoms with E-state index in [4.69, 9.17) is 4.74 Å². The van der Waals surface area contributed by atoms with Crippen LogP contribution in [-0.2, 0) is 14.3 Å². The number of carbonyl (C=O) groups excluding carboxylic acids is 2. The molecule has 17 heavy (non-hydrogen) atoms. The molecule has 0 saturated heterocycles. The zero-order valence-corrected chi connectivity index (χ0v) is 10.1. The van der Waals surface area contributed by atoms with Gasteiger partial charge in [-0.3, -0.25) is 9.59 Å². The minimum Gasteiger partial charge on any atom is -0.466 e. The van der Waals surface area contributed by atoms with E-state index in [0.29, 0.717) is 6.61 Å². The molecule has 1 aromatic carbocycles. The highest BCUT2D eigenvalue weighted by atomic mass is 16.5. The van der Waals surface area contributed by atoms with E-state index in [2.05, 4.69) is 5.32 Å². The lowest BCUT2D eigenvalue weighted by molar-refractivity contribution is -0.143. The number of rotatable bonds is 5. The molecule has 92 valence electrons. The van der Waals surface area contributed by atoms with E-state index in [0.717, 1.165) is 5.56 Å². The lowest BCUT2D eigenvalue weighted by Crippen LogP contribution is -2.28. The summed E-state index contributed by atoms with van der Waals surface area (Å²) in [6, 6.07) is 9.05. The highest BCUT2D eigenvalue weighted by Gasteiger charge is 2.17. The Bertz CT molecular complexity index is 376. The van der Waals surface area contributed by atoms with Crippen molar-refractivity contribution in [3.8, 4) is 0 Å². The van der Waals surface area contributed by atoms with Crippen LogP contribution in [0.3, 0.4) is 0 Å². The van der Waals surface area contributed by atoms with Gasteiger partial charge in [-0.05, 0) is 12.5 Å². The Morgan fingerprint density at radius 1 is 1.29 bits per heavy atom. The molecule has 0 saturated carbocycles. The Kier molecular flexibility index (Phi) is 5.20. The second-order valence-corrected chi connectivity index (χ2v) is 3.67. The molecule has 1 amide bonds. The molecule has 4 nitrogen and oxygen atoms in total. The molecule has 4 heteroatoms. The number of amides is 1. The molecule has 0 aromatic heterocycles. The monoisotopic (exact) mass is 235 g/mol. The molecule has 0 spiro atoms. The number of ether oxygens (including phenoxy) is 1. The van der Waals surface area contributed by atoms with Crippen molar-refractivity contribution in [1.29, 1.82) is 0 Å². The third-order valence-electron chi connectivity index (χ3n) is 2.26. The lowest BCUT2D eigenvalue weighted by Gasteiger charge is -2.17. The van der Waals surface area contributed by atoms with Gasteiger partial charge in [0, 0.05) is 6.92 Å². The summed E-state index contributed by atoms with van der Waals surface area (Å²) in [7, 11) is 0. The van der Waals surface area contributed by atoms with Gasteiger partial charge < -0.3 is 10.1 Å². The van der Waals surface area contributed by atoms with Gasteiger partial charge in [-0.1, -0.05) is 30.3 Å². The first kappa shape index (κ1) is 13.2. The van der Waals surface area contributed by atoms with Crippen molar-refractivity contribution in [2.75, 3.05) is 6.61 Å². The third-order valence-corrected chi connectivity index (χ3v) is 2.26. The van der Waals surface area contributed by atoms with E-state index in [9.17, 15) is 9.59 Å². The topological polar surface area (TPSA) is 55.4 Å². The van der Waals surface area contributed by atoms with Crippen LogP contribution in [0.5, 0.6) is 0 Å². The first-order chi connectivity index (χ1) is 8.13. The molecule has 0 radical (unpaired) electrons. The Balaban J connectivity index is 2.74. The van der Waals surface area contributed by atoms with Gasteiger partial charge in [0.15, 0.2) is 0 Å². The predicted octanol–water partition coefficient (Wildman–Crippen LogP) is 1.82. The minimum atomic E-state index is -0.326. The van der Waals surface area contributed by atoms with E-state index in [1.165, 1.54) is 6.92 Å². The van der Waals surface area contributed by atoms with Crippen molar-refractivity contribution < 1.29 is 14.3 Å². The summed E-state index contributed by atoms with van der Waals surface area (Å²) in [5.41, 5.74) is 0.899. The Morgan fingerprint density at radius 2 is 1.94 bits per heavy atom. The maximum absolute atomic E-state index is 11.4. The number of esters is 1. The van der Waals surface area contributed by atoms with Gasteiger partial charge in [-0.2, -0.15) is 0 Å². The average molecular weight is 235 g/mol. The summed E-state index contributed by atoms with van der Waals surface area (Å²) in [6.45, 7) is 3.54. The van der Waals surface area contributed by atoms with Crippen molar-refractivity contribution >= 4 is 11.9 Å². The molecule has 1 unspecified atom stereocenters. The summed E-state index contributed by atoms with van der Waals surface area (Å²) < 4.78 is 4.89. The van der Waals surface area contributed by atoms with E-state index >= 15 is 0 Å². The predicted molar refractivity (Wildman–Crippen MR) is 64.2 cm³/mol. The van der Waals surface area contributed by atoms with Crippen molar-refractivity contribution in [3.63, 3.8) is 0 Å².